The van der Waals surface area contributed by atoms with Gasteiger partial charge in [0, 0.05) is 70.4 Å². The van der Waals surface area contributed by atoms with E-state index >= 15 is 0 Å². The molecule has 32 heavy (non-hydrogen) atoms. The van der Waals surface area contributed by atoms with Gasteiger partial charge in [-0.1, -0.05) is 30.3 Å². The van der Waals surface area contributed by atoms with Crippen LogP contribution >= 0.6 is 0 Å². The summed E-state index contributed by atoms with van der Waals surface area (Å²) in [6.45, 7) is 7.34. The van der Waals surface area contributed by atoms with Crippen molar-refractivity contribution in [2.24, 2.45) is 0 Å². The van der Waals surface area contributed by atoms with Crippen LogP contribution in [-0.4, -0.2) is 81.1 Å². The number of likely N-dealkylation sites (tertiary alicyclic amines) is 1. The molecule has 2 aliphatic rings. The number of anilines is 1. The molecule has 0 unspecified atom stereocenters. The molecule has 2 atom stereocenters. The third kappa shape index (κ3) is 5.01. The molecular formula is C25H32N6O. The number of β-amino-alcohol motifs (C(OH)–C–C–N with tert-alkyl or cyclic N) is 1. The van der Waals surface area contributed by atoms with Gasteiger partial charge in [0.25, 0.3) is 0 Å². The molecule has 0 aliphatic carbocycles. The van der Waals surface area contributed by atoms with Crippen molar-refractivity contribution in [1.82, 2.24) is 24.6 Å². The van der Waals surface area contributed by atoms with Crippen LogP contribution in [0.15, 0.2) is 67.1 Å². The van der Waals surface area contributed by atoms with Crippen molar-refractivity contribution < 1.29 is 5.11 Å². The molecule has 0 amide bonds. The molecule has 7 nitrogen and oxygen atoms in total. The summed E-state index contributed by atoms with van der Waals surface area (Å²) in [6, 6.07) is 17.1. The number of piperazine rings is 1. The van der Waals surface area contributed by atoms with Gasteiger partial charge in [-0.15, -0.1) is 0 Å². The zero-order chi connectivity index (χ0) is 21.8. The lowest BCUT2D eigenvalue weighted by atomic mass is 9.98. The number of hydrogen-bond acceptors (Lipinski definition) is 6. The molecule has 0 spiro atoms. The Labute approximate surface area is 189 Å². The van der Waals surface area contributed by atoms with E-state index in [2.05, 4.69) is 55.1 Å². The van der Waals surface area contributed by atoms with E-state index in [-0.39, 0.29) is 12.1 Å². The second kappa shape index (κ2) is 9.81. The topological polar surface area (TPSA) is 60.7 Å². The van der Waals surface area contributed by atoms with Gasteiger partial charge in [0.1, 0.15) is 5.82 Å². The molecule has 4 heterocycles. The molecule has 1 aromatic carbocycles. The molecule has 2 aromatic heterocycles. The van der Waals surface area contributed by atoms with Gasteiger partial charge in [-0.2, -0.15) is 5.10 Å². The van der Waals surface area contributed by atoms with Crippen LogP contribution in [0.25, 0.3) is 0 Å². The number of aliphatic hydroxyl groups excluding tert-OH is 1. The molecule has 5 rings (SSSR count). The maximum Gasteiger partial charge on any atom is 0.128 e. The fourth-order valence-corrected chi connectivity index (χ4v) is 4.97. The zero-order valence-electron chi connectivity index (χ0n) is 18.5. The maximum absolute atomic E-state index is 10.9. The highest BCUT2D eigenvalue weighted by atomic mass is 16.3. The van der Waals surface area contributed by atoms with Crippen molar-refractivity contribution in [3.05, 3.63) is 78.2 Å². The first-order valence-electron chi connectivity index (χ1n) is 11.6. The predicted molar refractivity (Wildman–Crippen MR) is 125 cm³/mol. The van der Waals surface area contributed by atoms with Gasteiger partial charge in [0.15, 0.2) is 0 Å². The van der Waals surface area contributed by atoms with E-state index in [9.17, 15) is 5.11 Å². The Hall–Kier alpha value is -2.74. The van der Waals surface area contributed by atoms with Crippen LogP contribution in [0.1, 0.15) is 17.5 Å². The van der Waals surface area contributed by atoms with E-state index < -0.39 is 0 Å². The number of pyridine rings is 1. The molecule has 0 bridgehead atoms. The third-order valence-electron chi connectivity index (χ3n) is 6.72. The lowest BCUT2D eigenvalue weighted by Gasteiger charge is -2.45. The minimum absolute atomic E-state index is 0.258. The minimum atomic E-state index is -0.302. The highest BCUT2D eigenvalue weighted by molar-refractivity contribution is 5.38. The highest BCUT2D eigenvalue weighted by Crippen LogP contribution is 2.22. The molecule has 0 radical (unpaired) electrons. The van der Waals surface area contributed by atoms with Crippen LogP contribution in [-0.2, 0) is 13.1 Å². The van der Waals surface area contributed by atoms with Crippen molar-refractivity contribution in [3.8, 4) is 0 Å². The number of rotatable bonds is 6. The average molecular weight is 433 g/mol. The maximum atomic E-state index is 10.9. The van der Waals surface area contributed by atoms with Crippen LogP contribution in [0.5, 0.6) is 0 Å². The smallest absolute Gasteiger partial charge is 0.128 e. The van der Waals surface area contributed by atoms with Crippen molar-refractivity contribution in [2.75, 3.05) is 44.2 Å². The summed E-state index contributed by atoms with van der Waals surface area (Å²) in [4.78, 5) is 11.7. The molecule has 2 saturated heterocycles. The van der Waals surface area contributed by atoms with E-state index in [1.807, 2.05) is 41.5 Å². The van der Waals surface area contributed by atoms with Gasteiger partial charge in [-0.25, -0.2) is 4.98 Å². The first kappa shape index (κ1) is 21.1. The summed E-state index contributed by atoms with van der Waals surface area (Å²) in [5.41, 5.74) is 2.55. The normalized spacial score (nSPS) is 22.8. The average Bonchev–Trinajstić information content (AvgIpc) is 3.34. The Kier molecular flexibility index (Phi) is 6.48. The van der Waals surface area contributed by atoms with E-state index in [1.54, 1.807) is 0 Å². The Morgan fingerprint density at radius 3 is 2.28 bits per heavy atom. The van der Waals surface area contributed by atoms with Crippen LogP contribution < -0.4 is 4.90 Å². The lowest BCUT2D eigenvalue weighted by molar-refractivity contribution is -0.0172. The van der Waals surface area contributed by atoms with Crippen LogP contribution in [0.2, 0.25) is 0 Å². The molecule has 7 heteroatoms. The summed E-state index contributed by atoms with van der Waals surface area (Å²) < 4.78 is 1.94. The molecular weight excluding hydrogens is 400 g/mol. The SMILES string of the molecule is O[C@@H]1CN(Cc2ccc(Cn3cccn3)cc2)CC[C@H]1N1CCN(c2ccccn2)CC1. The monoisotopic (exact) mass is 432 g/mol. The Balaban J connectivity index is 1.10. The second-order valence-electron chi connectivity index (χ2n) is 8.89. The number of aromatic nitrogens is 3. The summed E-state index contributed by atoms with van der Waals surface area (Å²) >= 11 is 0. The van der Waals surface area contributed by atoms with Crippen molar-refractivity contribution in [2.45, 2.75) is 31.7 Å². The number of hydrogen-bond donors (Lipinski definition) is 1. The van der Waals surface area contributed by atoms with Gasteiger partial charge < -0.3 is 10.0 Å². The Bertz CT molecular complexity index is 954. The zero-order valence-corrected chi connectivity index (χ0v) is 18.5. The molecule has 2 aliphatic heterocycles. The van der Waals surface area contributed by atoms with Crippen LogP contribution in [0.4, 0.5) is 5.82 Å². The first-order chi connectivity index (χ1) is 15.7. The summed E-state index contributed by atoms with van der Waals surface area (Å²) in [5, 5.41) is 15.2. The standard InChI is InChI=1S/C25H32N6O/c32-24-20-28(18-21-5-7-22(8-6-21)19-31-12-3-11-27-31)13-9-23(24)29-14-16-30(17-15-29)25-4-1-2-10-26-25/h1-8,10-12,23-24,32H,9,13-20H2/t23-,24-/m1/s1. The number of piperidine rings is 1. The number of benzene rings is 1. The molecule has 168 valence electrons. The van der Waals surface area contributed by atoms with Crippen LogP contribution in [0.3, 0.4) is 0 Å². The summed E-state index contributed by atoms with van der Waals surface area (Å²) in [5.74, 6) is 1.05. The summed E-state index contributed by atoms with van der Waals surface area (Å²) in [7, 11) is 0. The highest BCUT2D eigenvalue weighted by Gasteiger charge is 2.33. The second-order valence-corrected chi connectivity index (χ2v) is 8.89. The fourth-order valence-electron chi connectivity index (χ4n) is 4.97. The van der Waals surface area contributed by atoms with Gasteiger partial charge in [0.05, 0.1) is 12.6 Å². The minimum Gasteiger partial charge on any atom is -0.390 e. The fraction of sp³-hybridized carbons (Fsp3) is 0.440. The molecule has 0 saturated carbocycles. The summed E-state index contributed by atoms with van der Waals surface area (Å²) in [6.07, 6.45) is 6.36. The van der Waals surface area contributed by atoms with Crippen LogP contribution in [0, 0.1) is 0 Å². The van der Waals surface area contributed by atoms with Crippen molar-refractivity contribution in [3.63, 3.8) is 0 Å². The van der Waals surface area contributed by atoms with Crippen molar-refractivity contribution in [1.29, 1.82) is 0 Å². The Morgan fingerprint density at radius 2 is 1.62 bits per heavy atom. The van der Waals surface area contributed by atoms with Gasteiger partial charge in [-0.3, -0.25) is 14.5 Å². The number of nitrogens with zero attached hydrogens (tertiary/aromatic N) is 6. The molecule has 1 N–H and O–H groups in total. The largest absolute Gasteiger partial charge is 0.390 e. The van der Waals surface area contributed by atoms with Gasteiger partial charge >= 0.3 is 0 Å². The van der Waals surface area contributed by atoms with Gasteiger partial charge in [0.2, 0.25) is 0 Å². The predicted octanol–water partition coefficient (Wildman–Crippen LogP) is 2.08. The van der Waals surface area contributed by atoms with Crippen molar-refractivity contribution >= 4 is 5.82 Å². The number of aliphatic hydroxyl groups is 1. The van der Waals surface area contributed by atoms with E-state index in [0.717, 1.165) is 64.6 Å². The quantitative estimate of drug-likeness (QED) is 0.644. The van der Waals surface area contributed by atoms with E-state index in [4.69, 9.17) is 0 Å². The molecule has 3 aromatic rings. The van der Waals surface area contributed by atoms with Gasteiger partial charge in [-0.05, 0) is 35.7 Å². The van der Waals surface area contributed by atoms with E-state index in [0.29, 0.717) is 0 Å². The molecule has 2 fully saturated rings. The van der Waals surface area contributed by atoms with E-state index in [1.165, 1.54) is 11.1 Å². The Morgan fingerprint density at radius 1 is 0.844 bits per heavy atom. The lowest BCUT2D eigenvalue weighted by Crippen LogP contribution is -2.58. The third-order valence-corrected chi connectivity index (χ3v) is 6.72. The first-order valence-corrected chi connectivity index (χ1v) is 11.6.